The fraction of sp³-hybridized carbons (Fsp3) is 0.655. The summed E-state index contributed by atoms with van der Waals surface area (Å²) in [5, 5.41) is 5.13. The summed E-state index contributed by atoms with van der Waals surface area (Å²) in [4.78, 5) is 53.8. The van der Waals surface area contributed by atoms with Crippen LogP contribution in [0.5, 0.6) is 5.75 Å². The first-order valence-corrected chi connectivity index (χ1v) is 15.3. The van der Waals surface area contributed by atoms with Gasteiger partial charge in [-0.3, -0.25) is 26.4 Å². The van der Waals surface area contributed by atoms with Crippen molar-refractivity contribution >= 4 is 36.6 Å². The van der Waals surface area contributed by atoms with Crippen LogP contribution in [0.2, 0.25) is 0 Å². The Hall–Kier alpha value is -3.07. The van der Waals surface area contributed by atoms with Crippen LogP contribution in [0.4, 0.5) is 9.59 Å². The van der Waals surface area contributed by atoms with Crippen molar-refractivity contribution in [3.63, 3.8) is 0 Å². The van der Waals surface area contributed by atoms with Crippen molar-refractivity contribution in [3.8, 4) is 5.75 Å². The van der Waals surface area contributed by atoms with E-state index >= 15 is 0 Å². The summed E-state index contributed by atoms with van der Waals surface area (Å²) in [5.74, 6) is 0.809. The van der Waals surface area contributed by atoms with Gasteiger partial charge in [-0.05, 0) is 50.4 Å². The SMILES string of the molecule is CC(=O)N(CCCCCCCCNC(=O)CCS)Cc1cc(COC(=O)NC(N)N)ccc1OC(=O)N(C)CCN(C)C. The van der Waals surface area contributed by atoms with E-state index in [1.165, 1.54) is 11.8 Å². The lowest BCUT2D eigenvalue weighted by molar-refractivity contribution is -0.129. The van der Waals surface area contributed by atoms with Gasteiger partial charge in [-0.2, -0.15) is 12.6 Å². The number of nitrogens with one attached hydrogen (secondary N) is 2. The highest BCUT2D eigenvalue weighted by Crippen LogP contribution is 2.24. The third kappa shape index (κ3) is 17.6. The molecule has 43 heavy (non-hydrogen) atoms. The minimum Gasteiger partial charge on any atom is -0.445 e. The molecule has 4 amide bonds. The summed E-state index contributed by atoms with van der Waals surface area (Å²) in [6, 6.07) is 5.08. The highest BCUT2D eigenvalue weighted by Gasteiger charge is 2.18. The van der Waals surface area contributed by atoms with Crippen molar-refractivity contribution in [2.75, 3.05) is 53.1 Å². The molecule has 14 heteroatoms. The molecule has 0 atom stereocenters. The topological polar surface area (TPSA) is 173 Å². The van der Waals surface area contributed by atoms with E-state index in [0.29, 0.717) is 55.2 Å². The predicted molar refractivity (Wildman–Crippen MR) is 169 cm³/mol. The Labute approximate surface area is 261 Å². The van der Waals surface area contributed by atoms with Crippen LogP contribution in [0, 0.1) is 0 Å². The lowest BCUT2D eigenvalue weighted by atomic mass is 10.1. The van der Waals surface area contributed by atoms with E-state index in [0.717, 1.165) is 38.5 Å². The Morgan fingerprint density at radius 1 is 0.953 bits per heavy atom. The summed E-state index contributed by atoms with van der Waals surface area (Å²) in [6.07, 6.45) is 3.93. The number of likely N-dealkylation sites (N-methyl/N-ethyl adjacent to an activating group) is 2. The van der Waals surface area contributed by atoms with Gasteiger partial charge in [0.25, 0.3) is 0 Å². The number of thiol groups is 1. The Bertz CT molecular complexity index is 1010. The van der Waals surface area contributed by atoms with Gasteiger partial charge in [0.15, 0.2) is 0 Å². The third-order valence-corrected chi connectivity index (χ3v) is 6.72. The van der Waals surface area contributed by atoms with E-state index in [1.807, 2.05) is 19.0 Å². The van der Waals surface area contributed by atoms with Crippen LogP contribution in [0.25, 0.3) is 0 Å². The summed E-state index contributed by atoms with van der Waals surface area (Å²) >= 11 is 4.06. The zero-order valence-electron chi connectivity index (χ0n) is 26.1. The lowest BCUT2D eigenvalue weighted by Crippen LogP contribution is -2.48. The second kappa shape index (κ2) is 21.6. The second-order valence-electron chi connectivity index (χ2n) is 10.7. The molecule has 0 radical (unpaired) electrons. The average molecular weight is 626 g/mol. The molecular formula is C29H51N7O6S. The largest absolute Gasteiger partial charge is 0.445 e. The van der Waals surface area contributed by atoms with E-state index in [9.17, 15) is 19.2 Å². The Kier molecular flexibility index (Phi) is 19.1. The van der Waals surface area contributed by atoms with Gasteiger partial charge in [-0.1, -0.05) is 31.7 Å². The molecule has 1 aromatic carbocycles. The summed E-state index contributed by atoms with van der Waals surface area (Å²) < 4.78 is 10.9. The quantitative estimate of drug-likeness (QED) is 0.0828. The monoisotopic (exact) mass is 625 g/mol. The average Bonchev–Trinajstić information content (AvgIpc) is 2.93. The number of unbranched alkanes of at least 4 members (excludes halogenated alkanes) is 5. The molecule has 0 aliphatic heterocycles. The number of hydrogen-bond acceptors (Lipinski definition) is 10. The number of alkyl carbamates (subject to hydrolysis) is 1. The third-order valence-electron chi connectivity index (χ3n) is 6.49. The van der Waals surface area contributed by atoms with Crippen molar-refractivity contribution in [2.45, 2.75) is 71.3 Å². The van der Waals surface area contributed by atoms with Gasteiger partial charge < -0.3 is 29.5 Å². The molecule has 13 nitrogen and oxygen atoms in total. The Balaban J connectivity index is 2.80. The zero-order chi connectivity index (χ0) is 32.2. The van der Waals surface area contributed by atoms with E-state index in [1.54, 1.807) is 30.1 Å². The van der Waals surface area contributed by atoms with Crippen molar-refractivity contribution in [1.82, 2.24) is 25.3 Å². The number of carbonyl (C=O) groups is 4. The van der Waals surface area contributed by atoms with E-state index < -0.39 is 18.5 Å². The minimum absolute atomic E-state index is 0.0356. The number of nitrogens with zero attached hydrogens (tertiary/aromatic N) is 3. The summed E-state index contributed by atoms with van der Waals surface area (Å²) in [6.45, 7) is 4.04. The number of hydrogen-bond donors (Lipinski definition) is 5. The van der Waals surface area contributed by atoms with Crippen LogP contribution >= 0.6 is 12.6 Å². The van der Waals surface area contributed by atoms with Crippen molar-refractivity contribution in [2.24, 2.45) is 11.5 Å². The van der Waals surface area contributed by atoms with Crippen molar-refractivity contribution in [3.05, 3.63) is 29.3 Å². The van der Waals surface area contributed by atoms with Gasteiger partial charge in [0.2, 0.25) is 11.8 Å². The number of benzene rings is 1. The van der Waals surface area contributed by atoms with Gasteiger partial charge in [0.1, 0.15) is 18.6 Å². The normalized spacial score (nSPS) is 10.9. The van der Waals surface area contributed by atoms with Crippen LogP contribution < -0.4 is 26.8 Å². The van der Waals surface area contributed by atoms with Crippen LogP contribution in [0.3, 0.4) is 0 Å². The molecule has 0 bridgehead atoms. The van der Waals surface area contributed by atoms with E-state index in [4.69, 9.17) is 20.9 Å². The van der Waals surface area contributed by atoms with E-state index in [2.05, 4.69) is 23.3 Å². The maximum atomic E-state index is 12.8. The maximum Gasteiger partial charge on any atom is 0.415 e. The second-order valence-corrected chi connectivity index (χ2v) is 11.1. The lowest BCUT2D eigenvalue weighted by Gasteiger charge is -2.24. The molecule has 0 aromatic heterocycles. The molecule has 1 aromatic rings. The number of carbonyl (C=O) groups excluding carboxylic acids is 4. The van der Waals surface area contributed by atoms with Gasteiger partial charge >= 0.3 is 12.2 Å². The van der Waals surface area contributed by atoms with Crippen molar-refractivity contribution in [1.29, 1.82) is 0 Å². The molecule has 0 unspecified atom stereocenters. The number of rotatable bonds is 20. The van der Waals surface area contributed by atoms with Crippen LogP contribution in [0.1, 0.15) is 63.0 Å². The molecule has 6 N–H and O–H groups in total. The first kappa shape index (κ1) is 38.0. The van der Waals surface area contributed by atoms with Crippen LogP contribution in [-0.2, 0) is 27.5 Å². The minimum atomic E-state index is -1.05. The number of amides is 4. The summed E-state index contributed by atoms with van der Waals surface area (Å²) in [5.41, 5.74) is 12.0. The molecular weight excluding hydrogens is 574 g/mol. The zero-order valence-corrected chi connectivity index (χ0v) is 27.0. The summed E-state index contributed by atoms with van der Waals surface area (Å²) in [7, 11) is 5.50. The predicted octanol–water partition coefficient (Wildman–Crippen LogP) is 2.23. The van der Waals surface area contributed by atoms with Gasteiger partial charge in [-0.25, -0.2) is 9.59 Å². The van der Waals surface area contributed by atoms with Crippen LogP contribution in [-0.4, -0.2) is 98.1 Å². The Morgan fingerprint density at radius 2 is 1.63 bits per heavy atom. The first-order chi connectivity index (χ1) is 20.4. The van der Waals surface area contributed by atoms with Gasteiger partial charge in [0, 0.05) is 58.7 Å². The Morgan fingerprint density at radius 3 is 2.26 bits per heavy atom. The molecule has 0 heterocycles. The number of ether oxygens (including phenoxy) is 2. The van der Waals surface area contributed by atoms with Gasteiger partial charge in [-0.15, -0.1) is 0 Å². The highest BCUT2D eigenvalue weighted by atomic mass is 32.1. The smallest absolute Gasteiger partial charge is 0.415 e. The molecule has 0 aliphatic carbocycles. The van der Waals surface area contributed by atoms with Crippen LogP contribution in [0.15, 0.2) is 18.2 Å². The maximum absolute atomic E-state index is 12.8. The fourth-order valence-corrected chi connectivity index (χ4v) is 4.19. The molecule has 0 spiro atoms. The molecule has 0 saturated carbocycles. The van der Waals surface area contributed by atoms with Crippen molar-refractivity contribution < 1.29 is 28.7 Å². The molecule has 0 saturated heterocycles. The van der Waals surface area contributed by atoms with Gasteiger partial charge in [0.05, 0.1) is 0 Å². The van der Waals surface area contributed by atoms with E-state index in [-0.39, 0.29) is 25.0 Å². The molecule has 0 fully saturated rings. The molecule has 0 aliphatic rings. The fourth-order valence-electron chi connectivity index (χ4n) is 3.99. The molecule has 1 rings (SSSR count). The first-order valence-electron chi connectivity index (χ1n) is 14.7. The highest BCUT2D eigenvalue weighted by molar-refractivity contribution is 7.80. The number of nitrogens with two attached hydrogens (primary N) is 2. The molecule has 244 valence electrons. The standard InChI is InChI=1S/C29H51N7O6S/c1-22(37)36(15-10-8-6-5-7-9-14-32-26(38)13-18-43)20-24-19-23(21-41-28(39)33-27(30)31)11-12-25(24)42-29(40)35(4)17-16-34(2)3/h11-12,19,27,43H,5-10,13-18,20-21,30-31H2,1-4H3,(H,32,38)(H,33,39).